The van der Waals surface area contributed by atoms with Gasteiger partial charge < -0.3 is 19.7 Å². The minimum absolute atomic E-state index is 0.0250. The highest BCUT2D eigenvalue weighted by Gasteiger charge is 2.47. The fourth-order valence-electron chi connectivity index (χ4n) is 3.65. The molecule has 1 unspecified atom stereocenters. The molecule has 0 aromatic heterocycles. The molecule has 1 aliphatic rings. The summed E-state index contributed by atoms with van der Waals surface area (Å²) >= 11 is 11.9. The standard InChI is InChI=1S/C21H26BCl2NO7/c1-12(2)6-13(22-31-19(29)10-21(3,32-22)9-18(27)28)7-15(26)11-25-20(30)16-8-14(23)4-5-17(16)24/h4-5,8,12-13H,6-7,9-11H2,1-3H3,(H,25,30)(H,27,28)/t13-,21?/m1/s1. The summed E-state index contributed by atoms with van der Waals surface area (Å²) in [6.07, 6.45) is -0.0737. The number of carbonyl (C=O) groups excluding carboxylic acids is 3. The highest BCUT2D eigenvalue weighted by Crippen LogP contribution is 2.35. The Morgan fingerprint density at radius 2 is 1.97 bits per heavy atom. The van der Waals surface area contributed by atoms with Crippen LogP contribution in [0.25, 0.3) is 0 Å². The molecular formula is C21H26BCl2NO7. The highest BCUT2D eigenvalue weighted by molar-refractivity contribution is 6.49. The van der Waals surface area contributed by atoms with E-state index >= 15 is 0 Å². The van der Waals surface area contributed by atoms with Gasteiger partial charge >= 0.3 is 13.1 Å². The summed E-state index contributed by atoms with van der Waals surface area (Å²) in [5.41, 5.74) is -1.07. The van der Waals surface area contributed by atoms with Crippen LogP contribution >= 0.6 is 23.2 Å². The first kappa shape index (κ1) is 26.2. The van der Waals surface area contributed by atoms with Crippen molar-refractivity contribution in [3.8, 4) is 0 Å². The van der Waals surface area contributed by atoms with Crippen LogP contribution in [0.15, 0.2) is 18.2 Å². The number of nitrogens with one attached hydrogen (secondary N) is 1. The van der Waals surface area contributed by atoms with Gasteiger partial charge in [-0.15, -0.1) is 0 Å². The molecule has 2 rings (SSSR count). The third-order valence-corrected chi connectivity index (χ3v) is 5.52. The van der Waals surface area contributed by atoms with Crippen molar-refractivity contribution in [2.24, 2.45) is 5.92 Å². The lowest BCUT2D eigenvalue weighted by Crippen LogP contribution is -2.50. The molecule has 174 valence electrons. The molecule has 32 heavy (non-hydrogen) atoms. The van der Waals surface area contributed by atoms with Crippen LogP contribution in [0.2, 0.25) is 15.9 Å². The maximum Gasteiger partial charge on any atom is 0.531 e. The van der Waals surface area contributed by atoms with E-state index in [1.54, 1.807) is 6.07 Å². The molecule has 1 amide bonds. The summed E-state index contributed by atoms with van der Waals surface area (Å²) < 4.78 is 11.2. The van der Waals surface area contributed by atoms with Crippen molar-refractivity contribution in [1.82, 2.24) is 5.32 Å². The molecular weight excluding hydrogens is 460 g/mol. The molecule has 8 nitrogen and oxygen atoms in total. The Morgan fingerprint density at radius 3 is 2.59 bits per heavy atom. The summed E-state index contributed by atoms with van der Waals surface area (Å²) in [4.78, 5) is 48.3. The number of Topliss-reactive ketones (excluding diaryl/α,β-unsaturated/α-hetero) is 1. The Morgan fingerprint density at radius 1 is 1.28 bits per heavy atom. The van der Waals surface area contributed by atoms with Gasteiger partial charge in [0.2, 0.25) is 0 Å². The summed E-state index contributed by atoms with van der Waals surface area (Å²) in [5.74, 6) is -2.85. The quantitative estimate of drug-likeness (QED) is 0.484. The second-order valence-electron chi connectivity index (χ2n) is 8.61. The van der Waals surface area contributed by atoms with Gasteiger partial charge in [0.1, 0.15) is 0 Å². The topological polar surface area (TPSA) is 119 Å². The van der Waals surface area contributed by atoms with E-state index in [4.69, 9.17) is 37.6 Å². The van der Waals surface area contributed by atoms with Crippen LogP contribution in [0.3, 0.4) is 0 Å². The van der Waals surface area contributed by atoms with Crippen LogP contribution in [0.5, 0.6) is 0 Å². The number of rotatable bonds is 10. The first-order valence-corrected chi connectivity index (χ1v) is 11.0. The molecule has 11 heteroatoms. The number of benzene rings is 1. The number of carboxylic acids is 1. The molecule has 0 aliphatic carbocycles. The lowest BCUT2D eigenvalue weighted by molar-refractivity contribution is -0.153. The van der Waals surface area contributed by atoms with E-state index in [1.807, 2.05) is 13.8 Å². The Kier molecular flexibility index (Phi) is 9.12. The molecule has 0 spiro atoms. The number of amides is 1. The minimum atomic E-state index is -1.22. The van der Waals surface area contributed by atoms with Crippen LogP contribution in [0.1, 0.15) is 56.8 Å². The van der Waals surface area contributed by atoms with E-state index in [9.17, 15) is 19.2 Å². The third kappa shape index (κ3) is 7.80. The molecule has 1 aromatic carbocycles. The van der Waals surface area contributed by atoms with Gasteiger partial charge in [-0.1, -0.05) is 37.0 Å². The average Bonchev–Trinajstić information content (AvgIpc) is 2.65. The number of hydrogen-bond acceptors (Lipinski definition) is 6. The fourth-order valence-corrected chi connectivity index (χ4v) is 4.02. The van der Waals surface area contributed by atoms with Crippen LogP contribution in [0, 0.1) is 5.92 Å². The zero-order chi connectivity index (χ0) is 24.1. The van der Waals surface area contributed by atoms with Gasteiger partial charge in [-0.25, -0.2) is 0 Å². The second kappa shape index (κ2) is 11.2. The fraction of sp³-hybridized carbons (Fsp3) is 0.524. The molecule has 2 atom stereocenters. The molecule has 1 fully saturated rings. The smallest absolute Gasteiger partial charge is 0.509 e. The normalized spacial score (nSPS) is 19.4. The van der Waals surface area contributed by atoms with Gasteiger partial charge in [0.25, 0.3) is 11.9 Å². The van der Waals surface area contributed by atoms with E-state index in [2.05, 4.69) is 5.32 Å². The van der Waals surface area contributed by atoms with Crippen molar-refractivity contribution in [2.75, 3.05) is 6.54 Å². The number of aliphatic carboxylic acids is 1. The molecule has 2 N–H and O–H groups in total. The number of carbonyl (C=O) groups is 4. The van der Waals surface area contributed by atoms with Crippen molar-refractivity contribution in [3.63, 3.8) is 0 Å². The van der Waals surface area contributed by atoms with Crippen LogP contribution < -0.4 is 5.32 Å². The number of carboxylic acid groups (broad SMARTS) is 1. The zero-order valence-corrected chi connectivity index (χ0v) is 19.7. The SMILES string of the molecule is CC(C)C[C@H](CC(=O)CNC(=O)c1cc(Cl)ccc1Cl)B1OC(=O)CC(C)(CC(=O)O)O1. The molecule has 0 saturated carbocycles. The first-order valence-electron chi connectivity index (χ1n) is 10.2. The van der Waals surface area contributed by atoms with Crippen molar-refractivity contribution in [3.05, 3.63) is 33.8 Å². The van der Waals surface area contributed by atoms with E-state index < -0.39 is 36.4 Å². The molecule has 0 radical (unpaired) electrons. The molecule has 1 aromatic rings. The average molecular weight is 486 g/mol. The zero-order valence-electron chi connectivity index (χ0n) is 18.2. The highest BCUT2D eigenvalue weighted by atomic mass is 35.5. The summed E-state index contributed by atoms with van der Waals surface area (Å²) in [6.45, 7) is 5.17. The molecule has 1 aliphatic heterocycles. The summed E-state index contributed by atoms with van der Waals surface area (Å²) in [5, 5.41) is 12.2. The predicted molar refractivity (Wildman–Crippen MR) is 120 cm³/mol. The monoisotopic (exact) mass is 485 g/mol. The Hall–Kier alpha value is -2.10. The minimum Gasteiger partial charge on any atom is -0.509 e. The van der Waals surface area contributed by atoms with E-state index in [1.165, 1.54) is 19.1 Å². The second-order valence-corrected chi connectivity index (χ2v) is 9.46. The summed E-state index contributed by atoms with van der Waals surface area (Å²) in [6, 6.07) is 4.44. The number of halogens is 2. The molecule has 1 saturated heterocycles. The van der Waals surface area contributed by atoms with Crippen molar-refractivity contribution >= 4 is 53.9 Å². The number of hydrogen-bond donors (Lipinski definition) is 2. The lowest BCUT2D eigenvalue weighted by atomic mass is 9.63. The van der Waals surface area contributed by atoms with Gasteiger partial charge in [0.15, 0.2) is 5.78 Å². The van der Waals surface area contributed by atoms with Crippen LogP contribution in [-0.4, -0.2) is 48.0 Å². The predicted octanol–water partition coefficient (Wildman–Crippen LogP) is 3.78. The lowest BCUT2D eigenvalue weighted by Gasteiger charge is -2.38. The van der Waals surface area contributed by atoms with Crippen molar-refractivity contribution in [1.29, 1.82) is 0 Å². The van der Waals surface area contributed by atoms with Gasteiger partial charge in [0.05, 0.1) is 35.6 Å². The number of ketones is 1. The Bertz CT molecular complexity index is 891. The van der Waals surface area contributed by atoms with E-state index in [0.717, 1.165) is 0 Å². The Balaban J connectivity index is 2.05. The molecule has 0 bridgehead atoms. The first-order chi connectivity index (χ1) is 14.9. The summed E-state index contributed by atoms with van der Waals surface area (Å²) in [7, 11) is -1.05. The van der Waals surface area contributed by atoms with Crippen molar-refractivity contribution < 1.29 is 33.6 Å². The Labute approximate surface area is 197 Å². The van der Waals surface area contributed by atoms with Gasteiger partial charge in [0, 0.05) is 17.3 Å². The van der Waals surface area contributed by atoms with Crippen molar-refractivity contribution in [2.45, 2.75) is 57.9 Å². The van der Waals surface area contributed by atoms with Gasteiger partial charge in [-0.3, -0.25) is 19.2 Å². The van der Waals surface area contributed by atoms with E-state index in [0.29, 0.717) is 11.4 Å². The van der Waals surface area contributed by atoms with Gasteiger partial charge in [-0.05, 0) is 37.5 Å². The van der Waals surface area contributed by atoms with Crippen LogP contribution in [-0.2, 0) is 23.7 Å². The maximum absolute atomic E-state index is 12.6. The van der Waals surface area contributed by atoms with Crippen LogP contribution in [0.4, 0.5) is 0 Å². The third-order valence-electron chi connectivity index (χ3n) is 4.96. The van der Waals surface area contributed by atoms with E-state index in [-0.39, 0.29) is 48.1 Å². The maximum atomic E-state index is 12.6. The van der Waals surface area contributed by atoms with Gasteiger partial charge in [-0.2, -0.15) is 0 Å². The molecule has 1 heterocycles. The largest absolute Gasteiger partial charge is 0.531 e.